The molecule has 51 heteroatoms. The molecule has 0 aliphatic carbocycles. The zero-order chi connectivity index (χ0) is 103. The van der Waals surface area contributed by atoms with Crippen LogP contribution in [0.1, 0.15) is 156 Å². The van der Waals surface area contributed by atoms with Crippen LogP contribution < -0.4 is 33.1 Å². The number of nitro benzene ring substituents is 1. The Morgan fingerprint density at radius 2 is 0.848 bits per heavy atom. The highest BCUT2D eigenvalue weighted by Gasteiger charge is 2.58. The average molecular weight is 2130 g/mol. The van der Waals surface area contributed by atoms with Crippen LogP contribution in [0.3, 0.4) is 0 Å². The number of ether oxygens (including phenoxy) is 3. The molecule has 0 radical (unpaired) electrons. The second-order valence-corrected chi connectivity index (χ2v) is 65.0. The van der Waals surface area contributed by atoms with Gasteiger partial charge in [-0.1, -0.05) is 136 Å². The number of benzene rings is 4. The van der Waals surface area contributed by atoms with Crippen molar-refractivity contribution in [1.29, 1.82) is 0 Å². The first-order valence-corrected chi connectivity index (χ1v) is 61.5. The zero-order valence-electron chi connectivity index (χ0n) is 81.0. The van der Waals surface area contributed by atoms with Crippen LogP contribution in [-0.4, -0.2) is 202 Å². The Kier molecular flexibility index (Phi) is 37.2. The summed E-state index contributed by atoms with van der Waals surface area (Å²) < 4.78 is 179. The first-order chi connectivity index (χ1) is 63.9. The number of phosphoric acid groups is 3. The van der Waals surface area contributed by atoms with Gasteiger partial charge in [-0.3, -0.25) is 60.0 Å². The minimum Gasteiger partial charge on any atom is -0.408 e. The van der Waals surface area contributed by atoms with Gasteiger partial charge in [0, 0.05) is 64.1 Å². The lowest BCUT2D eigenvalue weighted by atomic mass is 10.1. The highest BCUT2D eigenvalue weighted by molar-refractivity contribution is 7.49. The number of nitrogens with two attached hydrogens (primary N) is 2. The second kappa shape index (κ2) is 45.3. The van der Waals surface area contributed by atoms with Crippen molar-refractivity contribution in [3.8, 4) is 5.75 Å². The Bertz CT molecular complexity index is 5790. The fourth-order valence-corrected chi connectivity index (χ4v) is 23.5. The van der Waals surface area contributed by atoms with Crippen molar-refractivity contribution < 1.29 is 120 Å². The normalized spacial score (nSPS) is 27.3. The van der Waals surface area contributed by atoms with Crippen LogP contribution in [0.2, 0.25) is 87.6 Å². The molecule has 4 aromatic carbocycles. The number of rotatable bonds is 26. The molecule has 6 aliphatic heterocycles. The number of nitro groups is 1. The Labute approximate surface area is 818 Å². The summed E-state index contributed by atoms with van der Waals surface area (Å²) in [6.07, 6.45) is -6.06. The maximum Gasteiger partial charge on any atom is 0.530 e. The van der Waals surface area contributed by atoms with Crippen molar-refractivity contribution in [1.82, 2.24) is 33.6 Å². The Hall–Kier alpha value is -6.71. The van der Waals surface area contributed by atoms with Crippen LogP contribution in [0.15, 0.2) is 135 Å². The molecule has 138 heavy (non-hydrogen) atoms. The van der Waals surface area contributed by atoms with Gasteiger partial charge in [-0.15, -0.1) is 0 Å². The van der Waals surface area contributed by atoms with Crippen LogP contribution in [0.25, 0.3) is 0 Å². The molecule has 7 aromatic rings. The molecule has 9 heterocycles. The van der Waals surface area contributed by atoms with Crippen LogP contribution in [0, 0.1) is 27.6 Å². The number of aliphatic hydroxyl groups is 3. The number of anilines is 2. The summed E-state index contributed by atoms with van der Waals surface area (Å²) in [7, 11) is -17.9. The number of aliphatic hydroxyl groups excluding tert-OH is 3. The van der Waals surface area contributed by atoms with Gasteiger partial charge < -0.3 is 68.1 Å². The summed E-state index contributed by atoms with van der Waals surface area (Å²) in [5.74, 6) is -1.25. The van der Waals surface area contributed by atoms with Crippen molar-refractivity contribution in [3.63, 3.8) is 0 Å². The molecule has 13 rings (SSSR count). The number of hydrogen-bond donors (Lipinski definition) is 5. The topological polar surface area (TPSA) is 475 Å². The maximum absolute atomic E-state index is 13.8. The first kappa shape index (κ1) is 113. The Morgan fingerprint density at radius 1 is 0.507 bits per heavy atom. The third kappa shape index (κ3) is 28.5. The quantitative estimate of drug-likeness (QED) is 0.00839. The Morgan fingerprint density at radius 3 is 1.21 bits per heavy atom. The molecule has 0 amide bonds. The molecule has 18 atom stereocenters. The van der Waals surface area contributed by atoms with Crippen molar-refractivity contribution in [2.45, 2.75) is 267 Å². The highest BCUT2D eigenvalue weighted by Crippen LogP contribution is 2.61. The van der Waals surface area contributed by atoms with Crippen molar-refractivity contribution in [3.05, 3.63) is 206 Å². The van der Waals surface area contributed by atoms with Gasteiger partial charge in [-0.05, 0) is 156 Å². The third-order valence-electron chi connectivity index (χ3n) is 25.5. The number of aliphatic imine (C=N–C) groups is 1. The molecule has 7 N–H and O–H groups in total. The molecule has 0 saturated carbocycles. The van der Waals surface area contributed by atoms with Gasteiger partial charge in [-0.25, -0.2) is 46.2 Å². The first-order valence-electron chi connectivity index (χ1n) is 44.4. The van der Waals surface area contributed by atoms with Gasteiger partial charge in [0.2, 0.25) is 0 Å². The van der Waals surface area contributed by atoms with E-state index in [0.29, 0.717) is 41.8 Å². The summed E-state index contributed by atoms with van der Waals surface area (Å²) >= 11 is 17.5. The lowest BCUT2D eigenvalue weighted by Crippen LogP contribution is -2.54. The predicted molar refractivity (Wildman–Crippen MR) is 521 cm³/mol. The number of non-ortho nitro benzene ring substituents is 1. The average Bonchev–Trinajstić information content (AvgIpc) is 1.61. The van der Waals surface area contributed by atoms with Crippen molar-refractivity contribution >= 4 is 121 Å². The number of aromatic nitrogens is 6. The number of hydrogen-bond acceptors (Lipinski definition) is 33. The summed E-state index contributed by atoms with van der Waals surface area (Å²) in [5.41, 5.74) is 10.8. The Balaban J connectivity index is 0.000000194. The monoisotopic (exact) mass is 2120 g/mol. The van der Waals surface area contributed by atoms with E-state index in [2.05, 4.69) is 155 Å². The van der Waals surface area contributed by atoms with E-state index in [0.717, 1.165) is 4.57 Å². The zero-order valence-corrected chi connectivity index (χ0v) is 90.0. The van der Waals surface area contributed by atoms with Gasteiger partial charge in [0.25, 0.3) is 5.69 Å². The van der Waals surface area contributed by atoms with Gasteiger partial charge in [0.1, 0.15) is 89.8 Å². The fourth-order valence-electron chi connectivity index (χ4n) is 13.6. The number of nitrogens with zero attached hydrogens (tertiary/aromatic N) is 9. The number of nitrogen functional groups attached to an aromatic ring is 2. The fraction of sp³-hybridized carbons (Fsp3) is 0.575. The molecule has 3 aromatic heterocycles. The minimum atomic E-state index is -4.11. The van der Waals surface area contributed by atoms with Crippen LogP contribution in [-0.2, 0) is 81.8 Å². The van der Waals surface area contributed by atoms with E-state index in [9.17, 15) is 66.7 Å². The molecule has 6 aliphatic rings. The predicted octanol–water partition coefficient (Wildman–Crippen LogP) is 18.3. The van der Waals surface area contributed by atoms with E-state index in [-0.39, 0.29) is 91.3 Å². The molecule has 764 valence electrons. The summed E-state index contributed by atoms with van der Waals surface area (Å²) in [5, 5.41) is 40.8. The largest absolute Gasteiger partial charge is 0.530 e. The molecule has 6 fully saturated rings. The standard InChI is InChI=1S/C30H48ClFN3O8PSi2.C24H46N4O5Si2.C18H20ClFN3O8P.C15H12ClFNO6P/c1-29(2,3)45(7,8)42-25-23(18-39-44(37)38-16-14-22(41-44)19-11-12-21(32)20(31)17-19)40-27(35-15-13-24(33)34-28(35)36)26(25)43-46(9,10)30(4,5)6;1-23(2,3)34(9,10)32-19-17(15-29)31-21(20(19)33-35(11,12)24(4,5)6)28-14-13-18(26-22(28)30)25-16-27(7)8;19-10-7-9(1-2-11(10)20)12-4-6-28-32(27,31-12)29-8-13-15(24)16(25)17(30-13)23-5-3-14(21)22-18(23)26;16-13-9-10(1-6-14(13)17)15-7-8-22-25(21,24-15)23-12-4-2-11(3-5-12)18(19)20/h11-13,15,17,22-23,25-27H,14,16,18H2,1-10H3,(H2,33,34,36);13-14,16-17,19-21,29H,15H2,1-12H3;1-3,5,7,12-13,15-17,24-25H,4,6,8H2,(H2,21,22,26);1-6,9,15H,7-8H2/t22-,23-,25-,26+,27-,44+;17-,19-,20+,21-;12-,13-,15-,16+,17-,32+;15-,25-/m1111/s1. The van der Waals surface area contributed by atoms with E-state index in [1.807, 2.05) is 14.1 Å². The van der Waals surface area contributed by atoms with E-state index in [1.165, 1.54) is 113 Å². The lowest BCUT2D eigenvalue weighted by Gasteiger charge is -2.44. The second-order valence-electron chi connectivity index (χ2n) is 39.9. The van der Waals surface area contributed by atoms with E-state index in [4.69, 9.17) is 119 Å². The summed E-state index contributed by atoms with van der Waals surface area (Å²) in [6, 6.07) is 21.8. The van der Waals surface area contributed by atoms with Crippen LogP contribution >= 0.6 is 58.3 Å². The third-order valence-corrected chi connectivity index (χ3v) is 48.6. The van der Waals surface area contributed by atoms with Crippen molar-refractivity contribution in [2.75, 3.05) is 65.2 Å². The van der Waals surface area contributed by atoms with Crippen LogP contribution in [0.5, 0.6) is 5.75 Å². The molecule has 6 saturated heterocycles. The molecular formula is C87H126Cl3F3N11O27P3Si4. The van der Waals surface area contributed by atoms with Gasteiger partial charge in [0.05, 0.1) is 84.3 Å². The molecule has 38 nitrogen and oxygen atoms in total. The maximum atomic E-state index is 13.8. The van der Waals surface area contributed by atoms with Gasteiger partial charge >= 0.3 is 40.5 Å². The van der Waals surface area contributed by atoms with Gasteiger partial charge in [-0.2, -0.15) is 15.0 Å². The summed E-state index contributed by atoms with van der Waals surface area (Å²) in [4.78, 5) is 65.9. The lowest BCUT2D eigenvalue weighted by molar-refractivity contribution is -0.384. The molecular weight excluding hydrogens is 2000 g/mol. The van der Waals surface area contributed by atoms with E-state index >= 15 is 0 Å². The van der Waals surface area contributed by atoms with Crippen molar-refractivity contribution in [2.24, 2.45) is 4.99 Å². The molecule has 0 unspecified atom stereocenters. The van der Waals surface area contributed by atoms with Crippen LogP contribution in [0.4, 0.5) is 36.3 Å². The van der Waals surface area contributed by atoms with Gasteiger partial charge in [0.15, 0.2) is 57.8 Å². The van der Waals surface area contributed by atoms with E-state index in [1.54, 1.807) is 23.5 Å². The van der Waals surface area contributed by atoms with E-state index < -0.39 is 195 Å². The highest BCUT2D eigenvalue weighted by atomic mass is 35.5. The molecule has 0 bridgehead atoms. The minimum absolute atomic E-state index is 0.0131. The molecule has 0 spiro atoms. The SMILES string of the molecule is CC(C)(C)[Si](C)(C)O[C@H]1[C@H](O[Si](C)(C)C(C)(C)C)[C@@H](CO[P@]2(=O)OCC[C@H](c3ccc(F)c(Cl)c3)O2)O[C@H]1n1ccc(N)nc1=O.CN(C)C=Nc1ccn([C@@H]2O[C@H](CO)[C@@H](O[Si](C)(C)C(C)(C)C)[C@@H]2O[Si](C)(C)C(C)(C)C)c(=O)n1.Nc1ccn([C@@H]2O[C@H](CO[P@]3(=O)OCC[C@H](c4ccc(F)c(Cl)c4)O3)[C@@H](O)[C@@H]2O)c(=O)n1.O=[N+]([O-])c1ccc(O[P@@]2(=O)OCC[C@H](c3ccc(F)c(Cl)c3)O2)cc1. The number of phosphoric ester groups is 3. The number of halogens is 6. The smallest absolute Gasteiger partial charge is 0.408 e. The summed E-state index contributed by atoms with van der Waals surface area (Å²) in [6.45, 7) is 42.2.